The number of nitrogens with zero attached hydrogens (tertiary/aromatic N) is 3. The number of carbonyl (C=O) groups excluding carboxylic acids is 1. The summed E-state index contributed by atoms with van der Waals surface area (Å²) in [6.45, 7) is 3.10. The van der Waals surface area contributed by atoms with Crippen molar-refractivity contribution < 1.29 is 14.1 Å². The monoisotopic (exact) mass is 562 g/mol. The lowest BCUT2D eigenvalue weighted by atomic mass is 10.2. The number of hydrogen-bond donors (Lipinski definition) is 0. The Balaban J connectivity index is 1.58. The van der Waals surface area contributed by atoms with E-state index in [1.807, 2.05) is 59.8 Å². The van der Waals surface area contributed by atoms with Crippen LogP contribution in [-0.4, -0.2) is 24.7 Å². The Labute approximate surface area is 223 Å². The summed E-state index contributed by atoms with van der Waals surface area (Å²) in [6.07, 6.45) is 4.05. The van der Waals surface area contributed by atoms with E-state index in [0.717, 1.165) is 30.8 Å². The molecule has 0 saturated carbocycles. The number of esters is 1. The van der Waals surface area contributed by atoms with Crippen LogP contribution in [0.5, 0.6) is 0 Å². The molecule has 4 aromatic rings. The second-order valence-electron chi connectivity index (χ2n) is 7.68. The molecule has 3 aromatic heterocycles. The van der Waals surface area contributed by atoms with Crippen molar-refractivity contribution in [3.05, 3.63) is 81.2 Å². The van der Waals surface area contributed by atoms with Gasteiger partial charge in [0, 0.05) is 29.1 Å². The Morgan fingerprint density at radius 2 is 2.06 bits per heavy atom. The first-order valence-electron chi connectivity index (χ1n) is 10.7. The fourth-order valence-electron chi connectivity index (χ4n) is 3.88. The van der Waals surface area contributed by atoms with Crippen molar-refractivity contribution >= 4 is 80.1 Å². The Hall–Kier alpha value is -2.37. The molecule has 6 nitrogen and oxygen atoms in total. The van der Waals surface area contributed by atoms with Gasteiger partial charge in [0.05, 0.1) is 24.3 Å². The maximum atomic E-state index is 13.4. The molecular formula is C24H21ClN3O3S4+. The van der Waals surface area contributed by atoms with Crippen LogP contribution in [0, 0.1) is 0 Å². The van der Waals surface area contributed by atoms with Gasteiger partial charge in [-0.2, -0.15) is 4.57 Å². The highest BCUT2D eigenvalue weighted by Gasteiger charge is 2.25. The molecule has 0 aliphatic carbocycles. The first kappa shape index (κ1) is 24.3. The lowest BCUT2D eigenvalue weighted by Crippen LogP contribution is -2.36. The number of thioether (sulfide) groups is 1. The molecule has 0 amide bonds. The third-order valence-corrected chi connectivity index (χ3v) is 10.1. The summed E-state index contributed by atoms with van der Waals surface area (Å²) < 4.78 is 10.4. The van der Waals surface area contributed by atoms with Crippen molar-refractivity contribution in [2.75, 3.05) is 19.1 Å². The molecule has 1 aliphatic rings. The summed E-state index contributed by atoms with van der Waals surface area (Å²) in [4.78, 5) is 29.2. The molecule has 0 spiro atoms. The van der Waals surface area contributed by atoms with E-state index in [1.54, 1.807) is 23.1 Å². The Morgan fingerprint density at radius 1 is 1.23 bits per heavy atom. The van der Waals surface area contributed by atoms with Crippen LogP contribution in [0.1, 0.15) is 27.2 Å². The summed E-state index contributed by atoms with van der Waals surface area (Å²) >= 11 is 12.2. The predicted octanol–water partition coefficient (Wildman–Crippen LogP) is 3.97. The Kier molecular flexibility index (Phi) is 6.91. The molecule has 35 heavy (non-hydrogen) atoms. The predicted molar refractivity (Wildman–Crippen MR) is 145 cm³/mol. The van der Waals surface area contributed by atoms with Gasteiger partial charge in [-0.1, -0.05) is 34.7 Å². The fraction of sp³-hybridized carbons (Fsp3) is 0.208. The second-order valence-corrected chi connectivity index (χ2v) is 12.0. The number of aromatic nitrogens is 2. The van der Waals surface area contributed by atoms with Crippen molar-refractivity contribution in [3.63, 3.8) is 0 Å². The normalized spacial score (nSPS) is 15.1. The van der Waals surface area contributed by atoms with E-state index >= 15 is 0 Å². The zero-order valence-electron chi connectivity index (χ0n) is 19.1. The van der Waals surface area contributed by atoms with Gasteiger partial charge in [-0.15, -0.1) is 22.7 Å². The number of fused-ring (bicyclic) bond motifs is 1. The number of halogens is 1. The van der Waals surface area contributed by atoms with E-state index in [0.29, 0.717) is 27.5 Å². The van der Waals surface area contributed by atoms with Gasteiger partial charge in [-0.05, 0) is 36.6 Å². The molecule has 0 radical (unpaired) electrons. The van der Waals surface area contributed by atoms with Gasteiger partial charge in [0.2, 0.25) is 0 Å². The number of ether oxygens (including phenoxy) is 1. The van der Waals surface area contributed by atoms with Crippen LogP contribution in [0.25, 0.3) is 11.1 Å². The molecule has 1 aromatic carbocycles. The molecule has 0 saturated heterocycles. The van der Waals surface area contributed by atoms with Crippen LogP contribution in [0.3, 0.4) is 0 Å². The molecule has 11 heteroatoms. The van der Waals surface area contributed by atoms with Crippen molar-refractivity contribution in [2.24, 2.45) is 0 Å². The number of anilines is 1. The zero-order chi connectivity index (χ0) is 24.7. The highest BCUT2D eigenvalue weighted by molar-refractivity contribution is 8.08. The van der Waals surface area contributed by atoms with Crippen molar-refractivity contribution in [1.82, 2.24) is 4.57 Å². The number of rotatable bonds is 5. The molecule has 5 rings (SSSR count). The SMILES string of the molecule is CCn1c(=Cc2scc[n+]2Cc2ccsc2C(=O)OC)sc(=C2Sc3cc(Cl)ccc3N2C)c1=O. The number of benzene rings is 1. The minimum atomic E-state index is -0.323. The van der Waals surface area contributed by atoms with Crippen molar-refractivity contribution in [2.45, 2.75) is 24.9 Å². The van der Waals surface area contributed by atoms with E-state index < -0.39 is 0 Å². The first-order chi connectivity index (χ1) is 16.9. The largest absolute Gasteiger partial charge is 0.465 e. The summed E-state index contributed by atoms with van der Waals surface area (Å²) in [6, 6.07) is 7.74. The molecule has 180 valence electrons. The topological polar surface area (TPSA) is 55.4 Å². The van der Waals surface area contributed by atoms with E-state index in [2.05, 4.69) is 15.5 Å². The number of thiazole rings is 2. The molecule has 0 unspecified atom stereocenters. The smallest absolute Gasteiger partial charge is 0.348 e. The average molecular weight is 563 g/mol. The summed E-state index contributed by atoms with van der Waals surface area (Å²) in [5, 5.41) is 6.50. The summed E-state index contributed by atoms with van der Waals surface area (Å²) in [5.41, 5.74) is 1.96. The van der Waals surface area contributed by atoms with Crippen molar-refractivity contribution in [1.29, 1.82) is 0 Å². The Morgan fingerprint density at radius 3 is 2.83 bits per heavy atom. The third-order valence-electron chi connectivity index (χ3n) is 5.63. The molecule has 0 fully saturated rings. The molecule has 0 N–H and O–H groups in total. The van der Waals surface area contributed by atoms with E-state index in [9.17, 15) is 9.59 Å². The van der Waals surface area contributed by atoms with Gasteiger partial charge in [0.15, 0.2) is 12.7 Å². The number of methoxy groups -OCH3 is 1. The van der Waals surface area contributed by atoms with Crippen LogP contribution < -0.4 is 24.2 Å². The van der Waals surface area contributed by atoms with Gasteiger partial charge >= 0.3 is 5.97 Å². The van der Waals surface area contributed by atoms with Gasteiger partial charge in [-0.25, -0.2) is 4.79 Å². The summed E-state index contributed by atoms with van der Waals surface area (Å²) in [5.74, 6) is -0.323. The standard InChI is InChI=1S/C24H21ClN3O3S4/c1-4-28-19(12-18-27(8-10-32-18)13-14-7-9-33-20(14)24(30)31-3)35-21(22(28)29)23-26(2)16-6-5-15(25)11-17(16)34-23/h5-12H,4,13H2,1-3H3/q+1. The maximum absolute atomic E-state index is 13.4. The minimum Gasteiger partial charge on any atom is -0.465 e. The van der Waals surface area contributed by atoms with E-state index in [-0.39, 0.29) is 11.5 Å². The van der Waals surface area contributed by atoms with E-state index in [4.69, 9.17) is 16.3 Å². The van der Waals surface area contributed by atoms with Gasteiger partial charge in [0.25, 0.3) is 10.6 Å². The lowest BCUT2D eigenvalue weighted by molar-refractivity contribution is -0.685. The maximum Gasteiger partial charge on any atom is 0.348 e. The highest BCUT2D eigenvalue weighted by atomic mass is 35.5. The molecular weight excluding hydrogens is 542 g/mol. The van der Waals surface area contributed by atoms with Crippen LogP contribution >= 0.6 is 57.4 Å². The first-order valence-corrected chi connectivity index (χ1v) is 14.5. The number of carbonyl (C=O) groups is 1. The van der Waals surface area contributed by atoms with Gasteiger partial charge in [-0.3, -0.25) is 9.36 Å². The average Bonchev–Trinajstić information content (AvgIpc) is 3.61. The van der Waals surface area contributed by atoms with Crippen molar-refractivity contribution in [3.8, 4) is 0 Å². The van der Waals surface area contributed by atoms with Gasteiger partial charge < -0.3 is 9.64 Å². The van der Waals surface area contributed by atoms with Gasteiger partial charge in [0.1, 0.15) is 19.1 Å². The Bertz CT molecular complexity index is 1620. The number of hydrogen-bond acceptors (Lipinski definition) is 8. The van der Waals surface area contributed by atoms with Crippen LogP contribution in [0.15, 0.2) is 50.9 Å². The lowest BCUT2D eigenvalue weighted by Gasteiger charge is -2.12. The van der Waals surface area contributed by atoms with Crippen LogP contribution in [-0.2, 0) is 17.8 Å². The highest BCUT2D eigenvalue weighted by Crippen LogP contribution is 2.46. The molecule has 0 bridgehead atoms. The number of thiophene rings is 1. The van der Waals surface area contributed by atoms with E-state index in [1.165, 1.54) is 29.8 Å². The molecule has 4 heterocycles. The third kappa shape index (κ3) is 4.49. The fourth-order valence-corrected chi connectivity index (χ4v) is 8.30. The quantitative estimate of drug-likeness (QED) is 0.272. The minimum absolute atomic E-state index is 0.00548. The summed E-state index contributed by atoms with van der Waals surface area (Å²) in [7, 11) is 3.38. The van der Waals surface area contributed by atoms with Crippen LogP contribution in [0.2, 0.25) is 5.02 Å². The molecule has 0 atom stereocenters. The zero-order valence-corrected chi connectivity index (χ0v) is 23.1. The molecule has 1 aliphatic heterocycles. The second kappa shape index (κ2) is 9.94. The van der Waals surface area contributed by atoms with Crippen LogP contribution in [0.4, 0.5) is 5.69 Å².